The Morgan fingerprint density at radius 3 is 2.54 bits per heavy atom. The van der Waals surface area contributed by atoms with Gasteiger partial charge in [0.05, 0.1) is 12.2 Å². The normalized spacial score (nSPS) is 17.4. The lowest BCUT2D eigenvalue weighted by atomic mass is 10.0. The molecule has 1 N–H and O–H groups in total. The molecule has 26 heavy (non-hydrogen) atoms. The molecule has 0 saturated carbocycles. The van der Waals surface area contributed by atoms with Gasteiger partial charge in [-0.1, -0.05) is 0 Å². The second kappa shape index (κ2) is 8.10. The molecule has 0 spiro atoms. The van der Waals surface area contributed by atoms with Gasteiger partial charge in [0.25, 0.3) is 0 Å². The van der Waals surface area contributed by atoms with Crippen LogP contribution in [0.2, 0.25) is 0 Å². The Balaban J connectivity index is 1.64. The highest BCUT2D eigenvalue weighted by Gasteiger charge is 2.27. The third kappa shape index (κ3) is 4.19. The van der Waals surface area contributed by atoms with E-state index in [0.29, 0.717) is 25.9 Å². The standard InChI is InChI=1S/C19H31N5O2/c1-14(2)20-19(26)24-12-9-17-15(13-24)16(21-22(17)3)7-8-18(25)23-10-5-4-6-11-23/h14H,4-13H2,1-3H3,(H,20,26). The van der Waals surface area contributed by atoms with Crippen LogP contribution in [0.1, 0.15) is 56.5 Å². The lowest BCUT2D eigenvalue weighted by Gasteiger charge is -2.29. The molecule has 7 nitrogen and oxygen atoms in total. The van der Waals surface area contributed by atoms with E-state index in [1.807, 2.05) is 35.4 Å². The monoisotopic (exact) mass is 361 g/mol. The molecular formula is C19H31N5O2. The molecule has 2 aliphatic heterocycles. The fourth-order valence-electron chi connectivity index (χ4n) is 3.91. The number of urea groups is 1. The van der Waals surface area contributed by atoms with Gasteiger partial charge in [-0.15, -0.1) is 0 Å². The molecule has 0 radical (unpaired) electrons. The average molecular weight is 361 g/mol. The number of aromatic nitrogens is 2. The molecule has 2 aliphatic rings. The molecule has 3 amide bonds. The summed E-state index contributed by atoms with van der Waals surface area (Å²) in [7, 11) is 1.96. The second-order valence-electron chi connectivity index (χ2n) is 7.71. The van der Waals surface area contributed by atoms with Crippen LogP contribution in [0.25, 0.3) is 0 Å². The van der Waals surface area contributed by atoms with Crippen LogP contribution in [0.3, 0.4) is 0 Å². The summed E-state index contributed by atoms with van der Waals surface area (Å²) < 4.78 is 1.92. The fourth-order valence-corrected chi connectivity index (χ4v) is 3.91. The van der Waals surface area contributed by atoms with E-state index < -0.39 is 0 Å². The summed E-state index contributed by atoms with van der Waals surface area (Å²) in [6.07, 6.45) is 5.42. The van der Waals surface area contributed by atoms with Gasteiger partial charge >= 0.3 is 6.03 Å². The zero-order valence-electron chi connectivity index (χ0n) is 16.3. The van der Waals surface area contributed by atoms with Crippen molar-refractivity contribution in [3.05, 3.63) is 17.0 Å². The topological polar surface area (TPSA) is 70.5 Å². The molecule has 0 aliphatic carbocycles. The maximum absolute atomic E-state index is 12.5. The number of aryl methyl sites for hydroxylation is 2. The summed E-state index contributed by atoms with van der Waals surface area (Å²) >= 11 is 0. The number of hydrogen-bond acceptors (Lipinski definition) is 3. The highest BCUT2D eigenvalue weighted by Crippen LogP contribution is 2.23. The first-order chi connectivity index (χ1) is 12.5. The molecule has 0 bridgehead atoms. The first-order valence-corrected chi connectivity index (χ1v) is 9.82. The van der Waals surface area contributed by atoms with Crippen LogP contribution in [-0.4, -0.2) is 57.2 Å². The Labute approximate surface area is 155 Å². The second-order valence-corrected chi connectivity index (χ2v) is 7.71. The van der Waals surface area contributed by atoms with E-state index >= 15 is 0 Å². The van der Waals surface area contributed by atoms with E-state index in [9.17, 15) is 9.59 Å². The van der Waals surface area contributed by atoms with Gasteiger partial charge in [0.2, 0.25) is 5.91 Å². The smallest absolute Gasteiger partial charge is 0.317 e. The third-order valence-electron chi connectivity index (χ3n) is 5.31. The van der Waals surface area contributed by atoms with Gasteiger partial charge in [-0.25, -0.2) is 4.79 Å². The molecule has 0 unspecified atom stereocenters. The molecule has 0 atom stereocenters. The van der Waals surface area contributed by atoms with Crippen molar-refractivity contribution >= 4 is 11.9 Å². The van der Waals surface area contributed by atoms with E-state index in [0.717, 1.165) is 43.6 Å². The third-order valence-corrected chi connectivity index (χ3v) is 5.31. The number of carbonyl (C=O) groups excluding carboxylic acids is 2. The van der Waals surface area contributed by atoms with Crippen molar-refractivity contribution in [3.63, 3.8) is 0 Å². The molecule has 7 heteroatoms. The van der Waals surface area contributed by atoms with Gasteiger partial charge < -0.3 is 15.1 Å². The minimum atomic E-state index is -0.0233. The molecule has 1 aromatic heterocycles. The maximum atomic E-state index is 12.5. The Bertz CT molecular complexity index is 661. The highest BCUT2D eigenvalue weighted by molar-refractivity contribution is 5.76. The molecule has 1 aromatic rings. The van der Waals surface area contributed by atoms with Crippen LogP contribution in [0, 0.1) is 0 Å². The van der Waals surface area contributed by atoms with Crippen LogP contribution < -0.4 is 5.32 Å². The van der Waals surface area contributed by atoms with Crippen molar-refractivity contribution in [3.8, 4) is 0 Å². The van der Waals surface area contributed by atoms with Crippen LogP contribution in [0.5, 0.6) is 0 Å². The fraction of sp³-hybridized carbons (Fsp3) is 0.737. The van der Waals surface area contributed by atoms with Crippen LogP contribution in [0.4, 0.5) is 4.79 Å². The number of rotatable bonds is 4. The van der Waals surface area contributed by atoms with Gasteiger partial charge in [0.15, 0.2) is 0 Å². The number of hydrogen-bond donors (Lipinski definition) is 1. The summed E-state index contributed by atoms with van der Waals surface area (Å²) in [5.74, 6) is 0.231. The van der Waals surface area contributed by atoms with Gasteiger partial charge in [0, 0.05) is 63.2 Å². The lowest BCUT2D eigenvalue weighted by molar-refractivity contribution is -0.132. The zero-order chi connectivity index (χ0) is 18.7. The number of carbonyl (C=O) groups is 2. The predicted octanol–water partition coefficient (Wildman–Crippen LogP) is 1.84. The number of likely N-dealkylation sites (tertiary alicyclic amines) is 1. The van der Waals surface area contributed by atoms with Gasteiger partial charge in [0.1, 0.15) is 0 Å². The van der Waals surface area contributed by atoms with Crippen LogP contribution in [0.15, 0.2) is 0 Å². The maximum Gasteiger partial charge on any atom is 0.317 e. The quantitative estimate of drug-likeness (QED) is 0.890. The van der Waals surface area contributed by atoms with Crippen molar-refractivity contribution in [2.45, 2.75) is 65.0 Å². The molecule has 1 saturated heterocycles. The zero-order valence-corrected chi connectivity index (χ0v) is 16.3. The number of nitrogens with one attached hydrogen (secondary N) is 1. The number of fused-ring (bicyclic) bond motifs is 1. The highest BCUT2D eigenvalue weighted by atomic mass is 16.2. The molecule has 3 heterocycles. The number of piperidine rings is 1. The SMILES string of the molecule is CC(C)NC(=O)N1CCc2c(c(CCC(=O)N3CCCCC3)nn2C)C1. The summed E-state index contributed by atoms with van der Waals surface area (Å²) in [6.45, 7) is 7.00. The van der Waals surface area contributed by atoms with Crippen molar-refractivity contribution in [1.29, 1.82) is 0 Å². The molecule has 144 valence electrons. The Morgan fingerprint density at radius 1 is 1.12 bits per heavy atom. The van der Waals surface area contributed by atoms with Crippen molar-refractivity contribution in [1.82, 2.24) is 24.9 Å². The Hall–Kier alpha value is -2.05. The van der Waals surface area contributed by atoms with Gasteiger partial charge in [-0.05, 0) is 33.1 Å². The van der Waals surface area contributed by atoms with Gasteiger partial charge in [-0.3, -0.25) is 9.48 Å². The predicted molar refractivity (Wildman–Crippen MR) is 99.7 cm³/mol. The first-order valence-electron chi connectivity index (χ1n) is 9.82. The summed E-state index contributed by atoms with van der Waals surface area (Å²) in [5, 5.41) is 7.61. The average Bonchev–Trinajstić information content (AvgIpc) is 2.95. The van der Waals surface area contributed by atoms with E-state index in [-0.39, 0.29) is 18.0 Å². The summed E-state index contributed by atoms with van der Waals surface area (Å²) in [5.41, 5.74) is 3.29. The Kier molecular flexibility index (Phi) is 5.84. The Morgan fingerprint density at radius 2 is 1.85 bits per heavy atom. The van der Waals surface area contributed by atoms with Crippen molar-refractivity contribution in [2.75, 3.05) is 19.6 Å². The molecule has 3 rings (SSSR count). The minimum Gasteiger partial charge on any atom is -0.343 e. The van der Waals surface area contributed by atoms with Gasteiger partial charge in [-0.2, -0.15) is 5.10 Å². The summed E-state index contributed by atoms with van der Waals surface area (Å²) in [6, 6.07) is 0.101. The van der Waals surface area contributed by atoms with E-state index in [1.54, 1.807) is 0 Å². The lowest BCUT2D eigenvalue weighted by Crippen LogP contribution is -2.45. The molecule has 0 aromatic carbocycles. The first kappa shape index (κ1) is 18.7. The minimum absolute atomic E-state index is 0.0233. The van der Waals surface area contributed by atoms with E-state index in [2.05, 4.69) is 10.4 Å². The summed E-state index contributed by atoms with van der Waals surface area (Å²) in [4.78, 5) is 28.6. The van der Waals surface area contributed by atoms with Crippen LogP contribution >= 0.6 is 0 Å². The number of nitrogens with zero attached hydrogens (tertiary/aromatic N) is 4. The largest absolute Gasteiger partial charge is 0.343 e. The van der Waals surface area contributed by atoms with Crippen LogP contribution in [-0.2, 0) is 31.2 Å². The van der Waals surface area contributed by atoms with Crippen molar-refractivity contribution in [2.24, 2.45) is 7.05 Å². The van der Waals surface area contributed by atoms with E-state index in [4.69, 9.17) is 0 Å². The molecule has 1 fully saturated rings. The molecular weight excluding hydrogens is 330 g/mol. The van der Waals surface area contributed by atoms with E-state index in [1.165, 1.54) is 12.1 Å². The van der Waals surface area contributed by atoms with Crippen molar-refractivity contribution < 1.29 is 9.59 Å². The number of amides is 3.